The zero-order chi connectivity index (χ0) is 19.2. The van der Waals surface area contributed by atoms with Gasteiger partial charge in [0.05, 0.1) is 11.3 Å². The molecule has 0 aliphatic carbocycles. The molecule has 1 amide bonds. The molecule has 0 unspecified atom stereocenters. The normalized spacial score (nSPS) is 10.4. The lowest BCUT2D eigenvalue weighted by Crippen LogP contribution is -2.20. The number of hydrogen-bond donors (Lipinski definition) is 1. The van der Waals surface area contributed by atoms with Gasteiger partial charge in [0.1, 0.15) is 5.75 Å². The summed E-state index contributed by atoms with van der Waals surface area (Å²) in [4.78, 5) is 20.7. The summed E-state index contributed by atoms with van der Waals surface area (Å²) in [5.41, 5.74) is 1.99. The van der Waals surface area contributed by atoms with E-state index >= 15 is 0 Å². The average molecular weight is 372 g/mol. The molecule has 2 aromatic carbocycles. The molecule has 0 saturated heterocycles. The third kappa shape index (κ3) is 4.04. The van der Waals surface area contributed by atoms with Gasteiger partial charge >= 0.3 is 0 Å². The van der Waals surface area contributed by atoms with Crippen molar-refractivity contribution in [2.75, 3.05) is 11.9 Å². The molecular weight excluding hydrogens is 356 g/mol. The first-order chi connectivity index (χ1) is 13.8. The Labute approximate surface area is 161 Å². The molecule has 0 atom stereocenters. The minimum atomic E-state index is -0.287. The van der Waals surface area contributed by atoms with Gasteiger partial charge in [0.25, 0.3) is 11.8 Å². The Morgan fingerprint density at radius 3 is 2.54 bits per heavy atom. The van der Waals surface area contributed by atoms with Crippen LogP contribution in [0.15, 0.2) is 83.6 Å². The highest BCUT2D eigenvalue weighted by atomic mass is 16.5. The SMILES string of the molecule is O=C(COc1ccccc1)Nc1ccccc1-c1nc(-c2ccncc2)no1. The van der Waals surface area contributed by atoms with Crippen molar-refractivity contribution in [3.8, 4) is 28.6 Å². The zero-order valence-corrected chi connectivity index (χ0v) is 14.8. The largest absolute Gasteiger partial charge is 0.484 e. The number of benzene rings is 2. The van der Waals surface area contributed by atoms with Gasteiger partial charge in [0, 0.05) is 18.0 Å². The third-order valence-corrected chi connectivity index (χ3v) is 3.91. The van der Waals surface area contributed by atoms with Crippen molar-refractivity contribution in [2.45, 2.75) is 0 Å². The van der Waals surface area contributed by atoms with Crippen LogP contribution in [0.2, 0.25) is 0 Å². The molecule has 7 heteroatoms. The van der Waals surface area contributed by atoms with Crippen molar-refractivity contribution in [2.24, 2.45) is 0 Å². The van der Waals surface area contributed by atoms with E-state index in [0.29, 0.717) is 28.7 Å². The topological polar surface area (TPSA) is 90.1 Å². The van der Waals surface area contributed by atoms with E-state index in [0.717, 1.165) is 5.56 Å². The van der Waals surface area contributed by atoms with Crippen molar-refractivity contribution in [3.63, 3.8) is 0 Å². The number of nitrogens with one attached hydrogen (secondary N) is 1. The molecule has 0 spiro atoms. The summed E-state index contributed by atoms with van der Waals surface area (Å²) in [6, 6.07) is 20.0. The van der Waals surface area contributed by atoms with Crippen molar-refractivity contribution in [3.05, 3.63) is 79.1 Å². The maximum absolute atomic E-state index is 12.3. The first kappa shape index (κ1) is 17.4. The van der Waals surface area contributed by atoms with E-state index in [2.05, 4.69) is 20.4 Å². The van der Waals surface area contributed by atoms with E-state index in [1.807, 2.05) is 30.3 Å². The summed E-state index contributed by atoms with van der Waals surface area (Å²) in [6.07, 6.45) is 3.32. The van der Waals surface area contributed by atoms with Crippen molar-refractivity contribution in [1.29, 1.82) is 0 Å². The molecule has 7 nitrogen and oxygen atoms in total. The van der Waals surface area contributed by atoms with Gasteiger partial charge in [-0.25, -0.2) is 0 Å². The lowest BCUT2D eigenvalue weighted by Gasteiger charge is -2.09. The molecule has 0 fully saturated rings. The number of pyridine rings is 1. The molecule has 1 N–H and O–H groups in total. The van der Waals surface area contributed by atoms with Gasteiger partial charge in [-0.3, -0.25) is 9.78 Å². The predicted octanol–water partition coefficient (Wildman–Crippen LogP) is 3.82. The van der Waals surface area contributed by atoms with Crippen LogP contribution in [0.5, 0.6) is 5.75 Å². The van der Waals surface area contributed by atoms with E-state index < -0.39 is 0 Å². The van der Waals surface area contributed by atoms with E-state index in [9.17, 15) is 4.79 Å². The van der Waals surface area contributed by atoms with E-state index in [4.69, 9.17) is 9.26 Å². The van der Waals surface area contributed by atoms with Crippen molar-refractivity contribution in [1.82, 2.24) is 15.1 Å². The molecule has 28 heavy (non-hydrogen) atoms. The highest BCUT2D eigenvalue weighted by molar-refractivity contribution is 5.95. The summed E-state index contributed by atoms with van der Waals surface area (Å²) in [7, 11) is 0. The number of aromatic nitrogens is 3. The van der Waals surface area contributed by atoms with Crippen molar-refractivity contribution < 1.29 is 14.1 Å². The van der Waals surface area contributed by atoms with Gasteiger partial charge in [-0.2, -0.15) is 4.98 Å². The third-order valence-electron chi connectivity index (χ3n) is 3.91. The van der Waals surface area contributed by atoms with E-state index in [1.165, 1.54) is 0 Å². The first-order valence-corrected chi connectivity index (χ1v) is 8.61. The summed E-state index contributed by atoms with van der Waals surface area (Å²) < 4.78 is 10.9. The lowest BCUT2D eigenvalue weighted by atomic mass is 10.1. The van der Waals surface area contributed by atoms with Crippen LogP contribution < -0.4 is 10.1 Å². The molecule has 4 rings (SSSR count). The fraction of sp³-hybridized carbons (Fsp3) is 0.0476. The lowest BCUT2D eigenvalue weighted by molar-refractivity contribution is -0.118. The molecule has 4 aromatic rings. The number of hydrogen-bond acceptors (Lipinski definition) is 6. The fourth-order valence-electron chi connectivity index (χ4n) is 2.58. The van der Waals surface area contributed by atoms with Gasteiger partial charge in [-0.1, -0.05) is 35.5 Å². The fourth-order valence-corrected chi connectivity index (χ4v) is 2.58. The van der Waals surface area contributed by atoms with Gasteiger partial charge in [-0.05, 0) is 36.4 Å². The highest BCUT2D eigenvalue weighted by Gasteiger charge is 2.15. The Kier molecular flexibility index (Phi) is 5.06. The van der Waals surface area contributed by atoms with Gasteiger partial charge in [0.2, 0.25) is 5.82 Å². The Morgan fingerprint density at radius 1 is 0.964 bits per heavy atom. The van der Waals surface area contributed by atoms with Crippen LogP contribution in [-0.2, 0) is 4.79 Å². The second-order valence-corrected chi connectivity index (χ2v) is 5.85. The molecule has 2 aromatic heterocycles. The molecular formula is C21H16N4O3. The number of nitrogens with zero attached hydrogens (tertiary/aromatic N) is 3. The predicted molar refractivity (Wildman–Crippen MR) is 104 cm³/mol. The van der Waals surface area contributed by atoms with E-state index in [1.54, 1.807) is 48.8 Å². The monoisotopic (exact) mass is 372 g/mol. The quantitative estimate of drug-likeness (QED) is 0.553. The number of amides is 1. The Hall–Kier alpha value is -4.00. The first-order valence-electron chi connectivity index (χ1n) is 8.61. The number of carbonyl (C=O) groups excluding carboxylic acids is 1. The number of carbonyl (C=O) groups is 1. The molecule has 0 aliphatic heterocycles. The summed E-state index contributed by atoms with van der Waals surface area (Å²) >= 11 is 0. The maximum Gasteiger partial charge on any atom is 0.262 e. The van der Waals surface area contributed by atoms with Crippen LogP contribution in [0.1, 0.15) is 0 Å². The highest BCUT2D eigenvalue weighted by Crippen LogP contribution is 2.28. The van der Waals surface area contributed by atoms with Crippen LogP contribution >= 0.6 is 0 Å². The standard InChI is InChI=1S/C21H16N4O3/c26-19(14-27-16-6-2-1-3-7-16)23-18-9-5-4-8-17(18)21-24-20(25-28-21)15-10-12-22-13-11-15/h1-13H,14H2,(H,23,26). The van der Waals surface area contributed by atoms with Gasteiger partial charge in [-0.15, -0.1) is 0 Å². The second-order valence-electron chi connectivity index (χ2n) is 5.85. The number of ether oxygens (including phenoxy) is 1. The Morgan fingerprint density at radius 2 is 1.71 bits per heavy atom. The van der Waals surface area contributed by atoms with E-state index in [-0.39, 0.29) is 12.5 Å². The van der Waals surface area contributed by atoms with Crippen LogP contribution in [0.4, 0.5) is 5.69 Å². The molecule has 0 aliphatic rings. The minimum absolute atomic E-state index is 0.107. The molecule has 0 saturated carbocycles. The molecule has 2 heterocycles. The number of rotatable bonds is 6. The smallest absolute Gasteiger partial charge is 0.262 e. The minimum Gasteiger partial charge on any atom is -0.484 e. The van der Waals surface area contributed by atoms with Crippen LogP contribution in [0.3, 0.4) is 0 Å². The van der Waals surface area contributed by atoms with Crippen LogP contribution in [-0.4, -0.2) is 27.6 Å². The van der Waals surface area contributed by atoms with Crippen LogP contribution in [0.25, 0.3) is 22.8 Å². The Balaban J connectivity index is 1.50. The molecule has 138 valence electrons. The molecule has 0 bridgehead atoms. The second kappa shape index (κ2) is 8.13. The van der Waals surface area contributed by atoms with Gasteiger partial charge in [0.15, 0.2) is 6.61 Å². The summed E-state index contributed by atoms with van der Waals surface area (Å²) in [6.45, 7) is -0.107. The van der Waals surface area contributed by atoms with Crippen molar-refractivity contribution >= 4 is 11.6 Å². The summed E-state index contributed by atoms with van der Waals surface area (Å²) in [5.74, 6) is 1.10. The van der Waals surface area contributed by atoms with Crippen LogP contribution in [0, 0.1) is 0 Å². The number of anilines is 1. The average Bonchev–Trinajstić information content (AvgIpc) is 3.24. The Bertz CT molecular complexity index is 1070. The summed E-state index contributed by atoms with van der Waals surface area (Å²) in [5, 5.41) is 6.83. The van der Waals surface area contributed by atoms with Gasteiger partial charge < -0.3 is 14.6 Å². The maximum atomic E-state index is 12.3. The number of para-hydroxylation sites is 2. The molecule has 0 radical (unpaired) electrons. The zero-order valence-electron chi connectivity index (χ0n) is 14.8.